The van der Waals surface area contributed by atoms with Crippen LogP contribution in [0.2, 0.25) is 0 Å². The molecule has 4 heteroatoms. The van der Waals surface area contributed by atoms with Gasteiger partial charge in [0.2, 0.25) is 0 Å². The number of nitrogens with one attached hydrogen (secondary N) is 1. The molecule has 1 amide bonds. The maximum atomic E-state index is 11.8. The van der Waals surface area contributed by atoms with Gasteiger partial charge in [0.05, 0.1) is 11.8 Å². The number of benzene rings is 1. The molecule has 0 radical (unpaired) electrons. The van der Waals surface area contributed by atoms with Crippen LogP contribution in [-0.2, 0) is 6.54 Å². The van der Waals surface area contributed by atoms with Gasteiger partial charge < -0.3 is 15.5 Å². The van der Waals surface area contributed by atoms with E-state index in [2.05, 4.69) is 5.32 Å². The maximum absolute atomic E-state index is 11.8. The van der Waals surface area contributed by atoms with E-state index in [1.165, 1.54) is 6.26 Å². The molecule has 0 bridgehead atoms. The summed E-state index contributed by atoms with van der Waals surface area (Å²) in [6.07, 6.45) is 1.50. The van der Waals surface area contributed by atoms with E-state index in [9.17, 15) is 4.79 Å². The molecule has 88 valence electrons. The number of carbonyl (C=O) groups is 1. The van der Waals surface area contributed by atoms with Crippen molar-refractivity contribution in [3.05, 3.63) is 53.5 Å². The fourth-order valence-corrected chi connectivity index (χ4v) is 1.59. The Hall–Kier alpha value is -2.23. The number of carbonyl (C=O) groups excluding carboxylic acids is 1. The van der Waals surface area contributed by atoms with Crippen molar-refractivity contribution in [2.24, 2.45) is 0 Å². The average molecular weight is 230 g/mol. The van der Waals surface area contributed by atoms with E-state index < -0.39 is 0 Å². The molecule has 3 N–H and O–H groups in total. The molecule has 0 spiro atoms. The first-order valence-electron chi connectivity index (χ1n) is 5.34. The first kappa shape index (κ1) is 11.3. The summed E-state index contributed by atoms with van der Waals surface area (Å²) in [5, 5.41) is 2.80. The molecule has 17 heavy (non-hydrogen) atoms. The monoisotopic (exact) mass is 230 g/mol. The Bertz CT molecular complexity index is 532. The van der Waals surface area contributed by atoms with E-state index in [1.54, 1.807) is 13.0 Å². The van der Waals surface area contributed by atoms with Crippen LogP contribution in [0.25, 0.3) is 0 Å². The van der Waals surface area contributed by atoms with Crippen molar-refractivity contribution in [3.8, 4) is 0 Å². The van der Waals surface area contributed by atoms with E-state index in [-0.39, 0.29) is 5.91 Å². The molecule has 2 aromatic rings. The van der Waals surface area contributed by atoms with Gasteiger partial charge in [-0.2, -0.15) is 0 Å². The Labute approximate surface area is 99.4 Å². The second kappa shape index (κ2) is 4.74. The van der Waals surface area contributed by atoms with Crippen LogP contribution in [-0.4, -0.2) is 5.91 Å². The molecule has 0 saturated carbocycles. The lowest BCUT2D eigenvalue weighted by atomic mass is 10.1. The third-order valence-electron chi connectivity index (χ3n) is 2.60. The molecule has 0 fully saturated rings. The number of hydrogen-bond donors (Lipinski definition) is 2. The van der Waals surface area contributed by atoms with Crippen LogP contribution >= 0.6 is 0 Å². The van der Waals surface area contributed by atoms with Crippen molar-refractivity contribution < 1.29 is 9.21 Å². The van der Waals surface area contributed by atoms with E-state index in [1.807, 2.05) is 24.3 Å². The molecule has 1 heterocycles. The first-order valence-corrected chi connectivity index (χ1v) is 5.34. The molecule has 2 rings (SSSR count). The second-order valence-corrected chi connectivity index (χ2v) is 3.77. The molecule has 0 unspecified atom stereocenters. The van der Waals surface area contributed by atoms with Gasteiger partial charge >= 0.3 is 0 Å². The van der Waals surface area contributed by atoms with Crippen molar-refractivity contribution in [3.63, 3.8) is 0 Å². The topological polar surface area (TPSA) is 68.3 Å². The van der Waals surface area contributed by atoms with Gasteiger partial charge in [-0.05, 0) is 24.6 Å². The van der Waals surface area contributed by atoms with Crippen LogP contribution in [0.1, 0.15) is 21.7 Å². The predicted molar refractivity (Wildman–Crippen MR) is 65.5 cm³/mol. The molecule has 1 aromatic carbocycles. The van der Waals surface area contributed by atoms with E-state index in [0.717, 1.165) is 5.56 Å². The highest BCUT2D eigenvalue weighted by molar-refractivity contribution is 5.95. The maximum Gasteiger partial charge on any atom is 0.255 e. The highest BCUT2D eigenvalue weighted by atomic mass is 16.3. The van der Waals surface area contributed by atoms with E-state index in [0.29, 0.717) is 23.6 Å². The van der Waals surface area contributed by atoms with Crippen molar-refractivity contribution in [1.82, 2.24) is 5.32 Å². The third-order valence-corrected chi connectivity index (χ3v) is 2.60. The highest BCUT2D eigenvalue weighted by Crippen LogP contribution is 2.11. The lowest BCUT2D eigenvalue weighted by Gasteiger charge is -2.06. The summed E-state index contributed by atoms with van der Waals surface area (Å²) < 4.78 is 5.08. The molecule has 4 nitrogen and oxygen atoms in total. The fourth-order valence-electron chi connectivity index (χ4n) is 1.59. The van der Waals surface area contributed by atoms with Gasteiger partial charge in [-0.1, -0.05) is 18.2 Å². The quantitative estimate of drug-likeness (QED) is 0.793. The van der Waals surface area contributed by atoms with Gasteiger partial charge in [-0.25, -0.2) is 0 Å². The lowest BCUT2D eigenvalue weighted by Crippen LogP contribution is -2.23. The lowest BCUT2D eigenvalue weighted by molar-refractivity contribution is 0.0949. The number of aryl methyl sites for hydroxylation is 1. The van der Waals surface area contributed by atoms with Crippen LogP contribution < -0.4 is 11.1 Å². The number of amides is 1. The number of anilines is 1. The van der Waals surface area contributed by atoms with E-state index in [4.69, 9.17) is 10.2 Å². The zero-order valence-electron chi connectivity index (χ0n) is 9.57. The predicted octanol–water partition coefficient (Wildman–Crippen LogP) is 2.10. The fraction of sp³-hybridized carbons (Fsp3) is 0.154. The first-order chi connectivity index (χ1) is 8.18. The van der Waals surface area contributed by atoms with Gasteiger partial charge in [0.15, 0.2) is 0 Å². The number of rotatable bonds is 3. The SMILES string of the molecule is Cc1occc1C(=O)NCc1ccccc1N. The Morgan fingerprint density at radius 2 is 2.12 bits per heavy atom. The zero-order valence-corrected chi connectivity index (χ0v) is 9.57. The van der Waals surface area contributed by atoms with Crippen molar-refractivity contribution in [2.75, 3.05) is 5.73 Å². The molecule has 0 saturated heterocycles. The molecule has 0 aliphatic rings. The largest absolute Gasteiger partial charge is 0.469 e. The minimum Gasteiger partial charge on any atom is -0.469 e. The Balaban J connectivity index is 2.02. The Morgan fingerprint density at radius 1 is 1.35 bits per heavy atom. The normalized spacial score (nSPS) is 10.2. The van der Waals surface area contributed by atoms with Crippen LogP contribution in [0.15, 0.2) is 41.0 Å². The Morgan fingerprint density at radius 3 is 2.76 bits per heavy atom. The van der Waals surface area contributed by atoms with Crippen LogP contribution in [0.3, 0.4) is 0 Å². The van der Waals surface area contributed by atoms with Crippen molar-refractivity contribution >= 4 is 11.6 Å². The smallest absolute Gasteiger partial charge is 0.255 e. The van der Waals surface area contributed by atoms with Crippen LogP contribution in [0.5, 0.6) is 0 Å². The van der Waals surface area contributed by atoms with Crippen LogP contribution in [0, 0.1) is 6.92 Å². The summed E-state index contributed by atoms with van der Waals surface area (Å²) >= 11 is 0. The summed E-state index contributed by atoms with van der Waals surface area (Å²) in [6, 6.07) is 9.10. The van der Waals surface area contributed by atoms with Gasteiger partial charge in [0.1, 0.15) is 5.76 Å². The summed E-state index contributed by atoms with van der Waals surface area (Å²) in [5.41, 5.74) is 7.92. The minimum absolute atomic E-state index is 0.153. The van der Waals surface area contributed by atoms with Gasteiger partial charge in [0.25, 0.3) is 5.91 Å². The third kappa shape index (κ3) is 2.47. The zero-order chi connectivity index (χ0) is 12.3. The summed E-state index contributed by atoms with van der Waals surface area (Å²) in [4.78, 5) is 11.8. The molecule has 0 aliphatic carbocycles. The molecule has 1 aromatic heterocycles. The number of nitrogen functional groups attached to an aromatic ring is 1. The summed E-state index contributed by atoms with van der Waals surface area (Å²) in [5.74, 6) is 0.461. The standard InChI is InChI=1S/C13H14N2O2/c1-9-11(6-7-17-9)13(16)15-8-10-4-2-3-5-12(10)14/h2-7H,8,14H2,1H3,(H,15,16). The second-order valence-electron chi connectivity index (χ2n) is 3.77. The summed E-state index contributed by atoms with van der Waals surface area (Å²) in [7, 11) is 0. The number of para-hydroxylation sites is 1. The van der Waals surface area contributed by atoms with Gasteiger partial charge in [0, 0.05) is 12.2 Å². The molecule has 0 atom stereocenters. The summed E-state index contributed by atoms with van der Waals surface area (Å²) in [6.45, 7) is 2.17. The molecule has 0 aliphatic heterocycles. The number of furan rings is 1. The number of hydrogen-bond acceptors (Lipinski definition) is 3. The number of nitrogens with two attached hydrogens (primary N) is 1. The van der Waals surface area contributed by atoms with Crippen molar-refractivity contribution in [2.45, 2.75) is 13.5 Å². The average Bonchev–Trinajstić information content (AvgIpc) is 2.74. The van der Waals surface area contributed by atoms with Gasteiger partial charge in [-0.15, -0.1) is 0 Å². The Kier molecular flexibility index (Phi) is 3.14. The van der Waals surface area contributed by atoms with E-state index >= 15 is 0 Å². The van der Waals surface area contributed by atoms with Crippen LogP contribution in [0.4, 0.5) is 5.69 Å². The van der Waals surface area contributed by atoms with Crippen molar-refractivity contribution in [1.29, 1.82) is 0 Å². The minimum atomic E-state index is -0.153. The molecular formula is C13H14N2O2. The molecular weight excluding hydrogens is 216 g/mol. The van der Waals surface area contributed by atoms with Gasteiger partial charge in [-0.3, -0.25) is 4.79 Å². The highest BCUT2D eigenvalue weighted by Gasteiger charge is 2.10.